The molecular formula is C26H35N3O4S2. The number of nitrogens with zero attached hydrogens (tertiary/aromatic N) is 2. The number of amides is 1. The predicted molar refractivity (Wildman–Crippen MR) is 139 cm³/mol. The highest BCUT2D eigenvalue weighted by Gasteiger charge is 2.25. The van der Waals surface area contributed by atoms with E-state index in [0.29, 0.717) is 24.6 Å². The number of carbonyl (C=O) groups excluding carboxylic acids is 1. The lowest BCUT2D eigenvalue weighted by Crippen LogP contribution is -2.38. The molecule has 0 atom stereocenters. The minimum absolute atomic E-state index is 0.0887. The van der Waals surface area contributed by atoms with Crippen LogP contribution in [0.15, 0.2) is 52.3 Å². The smallest absolute Gasteiger partial charge is 0.255 e. The Morgan fingerprint density at radius 3 is 2.34 bits per heavy atom. The largest absolute Gasteiger partial charge is 0.379 e. The Morgan fingerprint density at radius 2 is 1.69 bits per heavy atom. The van der Waals surface area contributed by atoms with Crippen molar-refractivity contribution >= 4 is 27.7 Å². The van der Waals surface area contributed by atoms with Crippen LogP contribution in [0.3, 0.4) is 0 Å². The Bertz CT molecular complexity index is 1110. The number of piperidine rings is 1. The molecule has 190 valence electrons. The highest BCUT2D eigenvalue weighted by atomic mass is 32.2. The van der Waals surface area contributed by atoms with Gasteiger partial charge in [-0.15, -0.1) is 11.8 Å². The lowest BCUT2D eigenvalue weighted by atomic mass is 9.98. The second-order valence-corrected chi connectivity index (χ2v) is 12.0. The summed E-state index contributed by atoms with van der Waals surface area (Å²) in [7, 11) is -3.76. The first-order valence-corrected chi connectivity index (χ1v) is 14.9. The quantitative estimate of drug-likeness (QED) is 0.539. The van der Waals surface area contributed by atoms with Crippen LogP contribution in [0.2, 0.25) is 0 Å². The highest BCUT2D eigenvalue weighted by molar-refractivity contribution is 7.98. The fourth-order valence-corrected chi connectivity index (χ4v) is 6.06. The van der Waals surface area contributed by atoms with E-state index in [2.05, 4.69) is 16.5 Å². The number of benzene rings is 2. The van der Waals surface area contributed by atoms with E-state index < -0.39 is 10.0 Å². The molecule has 1 amide bonds. The summed E-state index contributed by atoms with van der Waals surface area (Å²) in [6.45, 7) is 8.07. The molecule has 0 saturated carbocycles. The fraction of sp³-hybridized carbons (Fsp3) is 0.500. The van der Waals surface area contributed by atoms with Gasteiger partial charge in [-0.2, -0.15) is 0 Å². The van der Waals surface area contributed by atoms with Gasteiger partial charge in [0.05, 0.1) is 23.7 Å². The van der Waals surface area contributed by atoms with Gasteiger partial charge in [0.2, 0.25) is 10.0 Å². The molecule has 2 saturated heterocycles. The van der Waals surface area contributed by atoms with Gasteiger partial charge < -0.3 is 9.64 Å². The van der Waals surface area contributed by atoms with Gasteiger partial charge in [-0.3, -0.25) is 9.69 Å². The van der Waals surface area contributed by atoms with Crippen LogP contribution in [0.25, 0.3) is 0 Å². The number of likely N-dealkylation sites (tertiary alicyclic amines) is 1. The molecule has 2 aliphatic rings. The molecule has 2 aromatic carbocycles. The van der Waals surface area contributed by atoms with E-state index in [-0.39, 0.29) is 17.3 Å². The first kappa shape index (κ1) is 26.2. The molecule has 4 rings (SSSR count). The van der Waals surface area contributed by atoms with E-state index in [0.717, 1.165) is 56.1 Å². The number of morpholine rings is 1. The maximum absolute atomic E-state index is 13.2. The summed E-state index contributed by atoms with van der Waals surface area (Å²) in [6, 6.07) is 12.8. The zero-order chi connectivity index (χ0) is 24.8. The zero-order valence-corrected chi connectivity index (χ0v) is 22.2. The molecule has 0 aromatic heterocycles. The van der Waals surface area contributed by atoms with Crippen LogP contribution < -0.4 is 4.72 Å². The number of ether oxygens (including phenoxy) is 1. The van der Waals surface area contributed by atoms with Crippen molar-refractivity contribution in [1.82, 2.24) is 14.5 Å². The van der Waals surface area contributed by atoms with Crippen molar-refractivity contribution in [3.63, 3.8) is 0 Å². The summed E-state index contributed by atoms with van der Waals surface area (Å²) < 4.78 is 34.2. The Hall–Kier alpha value is -1.91. The topological polar surface area (TPSA) is 79.0 Å². The van der Waals surface area contributed by atoms with Gasteiger partial charge in [0.25, 0.3) is 5.91 Å². The van der Waals surface area contributed by atoms with Crippen LogP contribution >= 0.6 is 11.8 Å². The summed E-state index contributed by atoms with van der Waals surface area (Å²) in [5.41, 5.74) is 2.54. The molecule has 35 heavy (non-hydrogen) atoms. The standard InChI is InChI=1S/C26H35N3O4S2/c1-20-9-11-29(12-10-20)26(30)24-17-23(7-8-25(24)34-2)35(31,32)27-18-21-3-5-22(6-4-21)19-28-13-15-33-16-14-28/h3-8,17,20,27H,9-16,18-19H2,1-2H3. The van der Waals surface area contributed by atoms with E-state index in [9.17, 15) is 13.2 Å². The number of hydrogen-bond donors (Lipinski definition) is 1. The average Bonchev–Trinajstić information content (AvgIpc) is 2.88. The van der Waals surface area contributed by atoms with Crippen LogP contribution in [-0.2, 0) is 27.8 Å². The SMILES string of the molecule is CSc1ccc(S(=O)(=O)NCc2ccc(CN3CCOCC3)cc2)cc1C(=O)N1CCC(C)CC1. The fourth-order valence-electron chi connectivity index (χ4n) is 4.45. The van der Waals surface area contributed by atoms with Crippen molar-refractivity contribution in [2.45, 2.75) is 42.6 Å². The minimum atomic E-state index is -3.76. The van der Waals surface area contributed by atoms with Gasteiger partial charge in [-0.05, 0) is 54.3 Å². The average molecular weight is 518 g/mol. The van der Waals surface area contributed by atoms with E-state index in [1.165, 1.54) is 23.4 Å². The number of carbonyl (C=O) groups is 1. The second-order valence-electron chi connectivity index (χ2n) is 9.37. The number of rotatable bonds is 8. The van der Waals surface area contributed by atoms with Crippen molar-refractivity contribution in [1.29, 1.82) is 0 Å². The molecule has 2 aromatic rings. The Labute approximate surface area is 213 Å². The van der Waals surface area contributed by atoms with E-state index in [1.54, 1.807) is 12.1 Å². The summed E-state index contributed by atoms with van der Waals surface area (Å²) in [5, 5.41) is 0. The minimum Gasteiger partial charge on any atom is -0.379 e. The number of nitrogens with one attached hydrogen (secondary N) is 1. The molecular weight excluding hydrogens is 482 g/mol. The van der Waals surface area contributed by atoms with Crippen molar-refractivity contribution in [3.8, 4) is 0 Å². The molecule has 0 radical (unpaired) electrons. The van der Waals surface area contributed by atoms with Crippen LogP contribution in [0.1, 0.15) is 41.3 Å². The van der Waals surface area contributed by atoms with Crippen LogP contribution in [-0.4, -0.2) is 69.8 Å². The third kappa shape index (κ3) is 6.86. The summed E-state index contributed by atoms with van der Waals surface area (Å²) in [5.74, 6) is 0.526. The van der Waals surface area contributed by atoms with Gasteiger partial charge in [-0.1, -0.05) is 31.2 Å². The van der Waals surface area contributed by atoms with Crippen molar-refractivity contribution in [2.24, 2.45) is 5.92 Å². The van der Waals surface area contributed by atoms with Crippen LogP contribution in [0.5, 0.6) is 0 Å². The monoisotopic (exact) mass is 517 g/mol. The van der Waals surface area contributed by atoms with E-state index in [1.807, 2.05) is 35.4 Å². The van der Waals surface area contributed by atoms with Crippen molar-refractivity contribution < 1.29 is 17.9 Å². The van der Waals surface area contributed by atoms with E-state index >= 15 is 0 Å². The number of hydrogen-bond acceptors (Lipinski definition) is 6. The van der Waals surface area contributed by atoms with Gasteiger partial charge >= 0.3 is 0 Å². The third-order valence-electron chi connectivity index (χ3n) is 6.78. The van der Waals surface area contributed by atoms with Crippen LogP contribution in [0.4, 0.5) is 0 Å². The Morgan fingerprint density at radius 1 is 1.03 bits per heavy atom. The Balaban J connectivity index is 1.41. The normalized spacial score (nSPS) is 18.1. The van der Waals surface area contributed by atoms with Gasteiger partial charge in [-0.25, -0.2) is 13.1 Å². The number of thioether (sulfide) groups is 1. The lowest BCUT2D eigenvalue weighted by molar-refractivity contribution is 0.0342. The Kier molecular flexibility index (Phi) is 8.88. The second kappa shape index (κ2) is 11.9. The molecule has 7 nitrogen and oxygen atoms in total. The molecule has 0 unspecified atom stereocenters. The van der Waals surface area contributed by atoms with Crippen molar-refractivity contribution in [2.75, 3.05) is 45.6 Å². The molecule has 2 heterocycles. The van der Waals surface area contributed by atoms with Gasteiger partial charge in [0.15, 0.2) is 0 Å². The summed E-state index contributed by atoms with van der Waals surface area (Å²) >= 11 is 1.46. The summed E-state index contributed by atoms with van der Waals surface area (Å²) in [4.78, 5) is 18.3. The zero-order valence-electron chi connectivity index (χ0n) is 20.5. The molecule has 2 aliphatic heterocycles. The van der Waals surface area contributed by atoms with Crippen molar-refractivity contribution in [3.05, 3.63) is 59.2 Å². The molecule has 0 aliphatic carbocycles. The predicted octanol–water partition coefficient (Wildman–Crippen LogP) is 3.59. The molecule has 1 N–H and O–H groups in total. The maximum atomic E-state index is 13.2. The van der Waals surface area contributed by atoms with Gasteiger partial charge in [0, 0.05) is 44.2 Å². The highest BCUT2D eigenvalue weighted by Crippen LogP contribution is 2.27. The molecule has 9 heteroatoms. The van der Waals surface area contributed by atoms with Gasteiger partial charge in [0.1, 0.15) is 0 Å². The first-order valence-electron chi connectivity index (χ1n) is 12.2. The maximum Gasteiger partial charge on any atom is 0.255 e. The molecule has 2 fully saturated rings. The number of sulfonamides is 1. The third-order valence-corrected chi connectivity index (χ3v) is 8.98. The first-order chi connectivity index (χ1) is 16.9. The van der Waals surface area contributed by atoms with Crippen LogP contribution in [0, 0.1) is 5.92 Å². The summed E-state index contributed by atoms with van der Waals surface area (Å²) in [6.07, 6.45) is 3.86. The van der Waals surface area contributed by atoms with E-state index in [4.69, 9.17) is 4.74 Å². The molecule has 0 spiro atoms. The molecule has 0 bridgehead atoms. The lowest BCUT2D eigenvalue weighted by Gasteiger charge is -2.30.